The number of benzene rings is 2. The van der Waals surface area contributed by atoms with E-state index in [2.05, 4.69) is 16.0 Å². The predicted molar refractivity (Wildman–Crippen MR) is 111 cm³/mol. The van der Waals surface area contributed by atoms with E-state index in [1.54, 1.807) is 24.3 Å². The zero-order valence-electron chi connectivity index (χ0n) is 16.4. The molecule has 1 heterocycles. The average Bonchev–Trinajstić information content (AvgIpc) is 3.21. The van der Waals surface area contributed by atoms with Gasteiger partial charge in [-0.25, -0.2) is 0 Å². The second-order valence-electron chi connectivity index (χ2n) is 7.14. The average molecular weight is 381 g/mol. The number of rotatable bonds is 7. The van der Waals surface area contributed by atoms with Crippen molar-refractivity contribution in [2.75, 3.05) is 30.3 Å². The highest BCUT2D eigenvalue weighted by atomic mass is 16.5. The fourth-order valence-electron chi connectivity index (χ4n) is 3.13. The lowest BCUT2D eigenvalue weighted by atomic mass is 10.1. The number of carbonyl (C=O) groups excluding carboxylic acids is 2. The molecule has 1 atom stereocenters. The van der Waals surface area contributed by atoms with E-state index < -0.39 is 0 Å². The molecule has 6 heteroatoms. The van der Waals surface area contributed by atoms with Crippen LogP contribution in [0.15, 0.2) is 42.5 Å². The first-order chi connectivity index (χ1) is 13.5. The molecule has 1 unspecified atom stereocenters. The summed E-state index contributed by atoms with van der Waals surface area (Å²) >= 11 is 0. The van der Waals surface area contributed by atoms with Gasteiger partial charge in [-0.05, 0) is 68.1 Å². The summed E-state index contributed by atoms with van der Waals surface area (Å²) in [6, 6.07) is 13.0. The highest BCUT2D eigenvalue weighted by molar-refractivity contribution is 5.96. The standard InChI is InChI=1S/C22H27N3O3/c1-15-5-6-16(2)20(12-15)23-14-21(26)25-18-9-7-17(8-10-18)22(27)24-13-19-4-3-11-28-19/h5-10,12,19,23H,3-4,11,13-14H2,1-2H3,(H,24,27)(H,25,26). The lowest BCUT2D eigenvalue weighted by Gasteiger charge is -2.12. The molecule has 2 aromatic rings. The Kier molecular flexibility index (Phi) is 6.66. The molecular formula is C22H27N3O3. The molecule has 0 aliphatic carbocycles. The fourth-order valence-corrected chi connectivity index (χ4v) is 3.13. The Morgan fingerprint density at radius 1 is 1.11 bits per heavy atom. The monoisotopic (exact) mass is 381 g/mol. The summed E-state index contributed by atoms with van der Waals surface area (Å²) in [5, 5.41) is 8.88. The van der Waals surface area contributed by atoms with Gasteiger partial charge in [-0.1, -0.05) is 12.1 Å². The Bertz CT molecular complexity index is 827. The van der Waals surface area contributed by atoms with Gasteiger partial charge in [0.15, 0.2) is 0 Å². The summed E-state index contributed by atoms with van der Waals surface area (Å²) in [7, 11) is 0. The van der Waals surface area contributed by atoms with Crippen LogP contribution < -0.4 is 16.0 Å². The van der Waals surface area contributed by atoms with Crippen molar-refractivity contribution in [3.05, 3.63) is 59.2 Å². The van der Waals surface area contributed by atoms with E-state index in [-0.39, 0.29) is 24.5 Å². The van der Waals surface area contributed by atoms with E-state index in [9.17, 15) is 9.59 Å². The topological polar surface area (TPSA) is 79.5 Å². The lowest BCUT2D eigenvalue weighted by Crippen LogP contribution is -2.31. The highest BCUT2D eigenvalue weighted by Gasteiger charge is 2.16. The number of amides is 2. The SMILES string of the molecule is Cc1ccc(C)c(NCC(=O)Nc2ccc(C(=O)NCC3CCCO3)cc2)c1. The molecule has 0 saturated carbocycles. The minimum atomic E-state index is -0.142. The van der Waals surface area contributed by atoms with Crippen molar-refractivity contribution in [1.29, 1.82) is 0 Å². The van der Waals surface area contributed by atoms with Crippen molar-refractivity contribution in [1.82, 2.24) is 5.32 Å². The number of ether oxygens (including phenoxy) is 1. The fraction of sp³-hybridized carbons (Fsp3) is 0.364. The van der Waals surface area contributed by atoms with Gasteiger partial charge < -0.3 is 20.7 Å². The summed E-state index contributed by atoms with van der Waals surface area (Å²) in [6.07, 6.45) is 2.15. The highest BCUT2D eigenvalue weighted by Crippen LogP contribution is 2.16. The molecule has 0 aromatic heterocycles. The molecule has 0 bridgehead atoms. The summed E-state index contributed by atoms with van der Waals surface area (Å²) in [6.45, 7) is 5.49. The summed E-state index contributed by atoms with van der Waals surface area (Å²) in [4.78, 5) is 24.4. The van der Waals surface area contributed by atoms with Crippen LogP contribution in [-0.4, -0.2) is 37.6 Å². The molecule has 148 valence electrons. The summed E-state index contributed by atoms with van der Waals surface area (Å²) in [5.41, 5.74) is 4.40. The quantitative estimate of drug-likeness (QED) is 0.688. The molecule has 2 aromatic carbocycles. The van der Waals surface area contributed by atoms with Crippen molar-refractivity contribution >= 4 is 23.2 Å². The molecule has 1 aliphatic heterocycles. The predicted octanol–water partition coefficient (Wildman–Crippen LogP) is 3.26. The van der Waals surface area contributed by atoms with Crippen LogP contribution >= 0.6 is 0 Å². The minimum absolute atomic E-state index is 0.118. The van der Waals surface area contributed by atoms with E-state index in [0.29, 0.717) is 17.8 Å². The van der Waals surface area contributed by atoms with E-state index in [1.807, 2.05) is 32.0 Å². The first kappa shape index (κ1) is 19.9. The molecule has 6 nitrogen and oxygen atoms in total. The third kappa shape index (κ3) is 5.57. The van der Waals surface area contributed by atoms with Crippen molar-refractivity contribution in [2.24, 2.45) is 0 Å². The van der Waals surface area contributed by atoms with Crippen LogP contribution in [0, 0.1) is 13.8 Å². The van der Waals surface area contributed by atoms with Gasteiger partial charge in [0.05, 0.1) is 12.6 Å². The van der Waals surface area contributed by atoms with Gasteiger partial charge in [0.2, 0.25) is 5.91 Å². The Morgan fingerprint density at radius 2 is 1.89 bits per heavy atom. The van der Waals surface area contributed by atoms with Gasteiger partial charge in [0.1, 0.15) is 0 Å². The van der Waals surface area contributed by atoms with Crippen LogP contribution in [0.5, 0.6) is 0 Å². The van der Waals surface area contributed by atoms with Crippen LogP contribution in [0.3, 0.4) is 0 Å². The molecule has 1 saturated heterocycles. The number of aryl methyl sites for hydroxylation is 2. The second-order valence-corrected chi connectivity index (χ2v) is 7.14. The van der Waals surface area contributed by atoms with Crippen LogP contribution in [0.2, 0.25) is 0 Å². The van der Waals surface area contributed by atoms with E-state index >= 15 is 0 Å². The van der Waals surface area contributed by atoms with Crippen LogP contribution in [0.25, 0.3) is 0 Å². The number of carbonyl (C=O) groups is 2. The zero-order chi connectivity index (χ0) is 19.9. The van der Waals surface area contributed by atoms with Crippen LogP contribution in [-0.2, 0) is 9.53 Å². The minimum Gasteiger partial charge on any atom is -0.376 e. The van der Waals surface area contributed by atoms with Gasteiger partial charge in [-0.2, -0.15) is 0 Å². The smallest absolute Gasteiger partial charge is 0.251 e. The van der Waals surface area contributed by atoms with Gasteiger partial charge in [0, 0.05) is 30.1 Å². The molecule has 0 spiro atoms. The molecule has 2 amide bonds. The second kappa shape index (κ2) is 9.37. The third-order valence-electron chi connectivity index (χ3n) is 4.78. The molecule has 0 radical (unpaired) electrons. The van der Waals surface area contributed by atoms with Gasteiger partial charge in [0.25, 0.3) is 5.91 Å². The summed E-state index contributed by atoms with van der Waals surface area (Å²) < 4.78 is 5.50. The summed E-state index contributed by atoms with van der Waals surface area (Å²) in [5.74, 6) is -0.276. The molecule has 1 fully saturated rings. The lowest BCUT2D eigenvalue weighted by molar-refractivity contribution is -0.114. The van der Waals surface area contributed by atoms with Gasteiger partial charge >= 0.3 is 0 Å². The maximum atomic E-state index is 12.2. The van der Waals surface area contributed by atoms with Crippen molar-refractivity contribution in [2.45, 2.75) is 32.8 Å². The Labute approximate surface area is 165 Å². The molecule has 1 aliphatic rings. The molecule has 3 N–H and O–H groups in total. The largest absolute Gasteiger partial charge is 0.376 e. The van der Waals surface area contributed by atoms with Gasteiger partial charge in [-0.3, -0.25) is 9.59 Å². The Balaban J connectivity index is 1.47. The Morgan fingerprint density at radius 3 is 2.61 bits per heavy atom. The first-order valence-corrected chi connectivity index (χ1v) is 9.62. The number of hydrogen-bond acceptors (Lipinski definition) is 4. The molecule has 28 heavy (non-hydrogen) atoms. The maximum Gasteiger partial charge on any atom is 0.251 e. The van der Waals surface area contributed by atoms with Crippen molar-refractivity contribution in [3.63, 3.8) is 0 Å². The molecular weight excluding hydrogens is 354 g/mol. The van der Waals surface area contributed by atoms with E-state index in [0.717, 1.165) is 36.3 Å². The van der Waals surface area contributed by atoms with Crippen LogP contribution in [0.1, 0.15) is 34.3 Å². The molecule has 3 rings (SSSR count). The third-order valence-corrected chi connectivity index (χ3v) is 4.78. The maximum absolute atomic E-state index is 12.2. The number of nitrogens with one attached hydrogen (secondary N) is 3. The van der Waals surface area contributed by atoms with Crippen LogP contribution in [0.4, 0.5) is 11.4 Å². The van der Waals surface area contributed by atoms with Gasteiger partial charge in [-0.15, -0.1) is 0 Å². The zero-order valence-corrected chi connectivity index (χ0v) is 16.4. The van der Waals surface area contributed by atoms with E-state index in [4.69, 9.17) is 4.74 Å². The normalized spacial score (nSPS) is 15.9. The number of anilines is 2. The Hall–Kier alpha value is -2.86. The van der Waals surface area contributed by atoms with Crippen molar-refractivity contribution in [3.8, 4) is 0 Å². The van der Waals surface area contributed by atoms with E-state index in [1.165, 1.54) is 0 Å². The number of hydrogen-bond donors (Lipinski definition) is 3. The first-order valence-electron chi connectivity index (χ1n) is 9.62. The van der Waals surface area contributed by atoms with Crippen molar-refractivity contribution < 1.29 is 14.3 Å².